The van der Waals surface area contributed by atoms with Crippen LogP contribution in [-0.2, 0) is 19.1 Å². The highest BCUT2D eigenvalue weighted by Crippen LogP contribution is 2.45. The molecule has 4 heteroatoms. The molecular weight excluding hydrogens is 244 g/mol. The van der Waals surface area contributed by atoms with E-state index in [9.17, 15) is 9.59 Å². The Morgan fingerprint density at radius 3 is 2.26 bits per heavy atom. The fourth-order valence-corrected chi connectivity index (χ4v) is 2.56. The van der Waals surface area contributed by atoms with E-state index in [0.29, 0.717) is 19.3 Å². The van der Waals surface area contributed by atoms with Crippen molar-refractivity contribution >= 4 is 11.9 Å². The highest BCUT2D eigenvalue weighted by Gasteiger charge is 2.59. The first kappa shape index (κ1) is 16.0. The largest absolute Gasteiger partial charge is 0.455 e. The van der Waals surface area contributed by atoms with Gasteiger partial charge in [-0.05, 0) is 40.0 Å². The van der Waals surface area contributed by atoms with Gasteiger partial charge >= 0.3 is 11.9 Å². The predicted molar refractivity (Wildman–Crippen MR) is 72.6 cm³/mol. The number of hydrogen-bond acceptors (Lipinski definition) is 4. The minimum atomic E-state index is -0.864. The van der Waals surface area contributed by atoms with Crippen molar-refractivity contribution < 1.29 is 19.1 Å². The number of carbonyl (C=O) groups excluding carboxylic acids is 2. The number of esters is 2. The van der Waals surface area contributed by atoms with Crippen molar-refractivity contribution in [1.82, 2.24) is 0 Å². The number of hydrogen-bond donors (Lipinski definition) is 0. The molecule has 0 saturated carbocycles. The van der Waals surface area contributed by atoms with E-state index in [-0.39, 0.29) is 18.4 Å². The van der Waals surface area contributed by atoms with E-state index in [4.69, 9.17) is 9.47 Å². The summed E-state index contributed by atoms with van der Waals surface area (Å²) in [5, 5.41) is 0. The molecule has 1 atom stereocenters. The van der Waals surface area contributed by atoms with Gasteiger partial charge < -0.3 is 9.47 Å². The average Bonchev–Trinajstić information content (AvgIpc) is 2.60. The quantitative estimate of drug-likeness (QED) is 0.720. The van der Waals surface area contributed by atoms with Crippen molar-refractivity contribution in [3.05, 3.63) is 0 Å². The summed E-state index contributed by atoms with van der Waals surface area (Å²) in [5.41, 5.74) is -2.09. The fraction of sp³-hybridized carbons (Fsp3) is 0.867. The van der Waals surface area contributed by atoms with Gasteiger partial charge in [-0.2, -0.15) is 0 Å². The molecule has 0 aromatic rings. The van der Waals surface area contributed by atoms with Gasteiger partial charge in [0.25, 0.3) is 0 Å². The van der Waals surface area contributed by atoms with Crippen molar-refractivity contribution in [2.24, 2.45) is 5.41 Å². The summed E-state index contributed by atoms with van der Waals surface area (Å²) in [5.74, 6) is -0.546. The molecule has 0 bridgehead atoms. The molecule has 0 aromatic carbocycles. The third-order valence-electron chi connectivity index (χ3n) is 4.65. The van der Waals surface area contributed by atoms with Crippen LogP contribution in [0.1, 0.15) is 67.2 Å². The maximum absolute atomic E-state index is 12.3. The predicted octanol–water partition coefficient (Wildman–Crippen LogP) is 3.23. The molecule has 1 saturated heterocycles. The topological polar surface area (TPSA) is 52.6 Å². The van der Waals surface area contributed by atoms with Crippen LogP contribution in [0.2, 0.25) is 0 Å². The fourth-order valence-electron chi connectivity index (χ4n) is 2.56. The second-order valence-electron chi connectivity index (χ2n) is 6.21. The molecule has 1 heterocycles. The van der Waals surface area contributed by atoms with E-state index in [1.165, 1.54) is 0 Å². The van der Waals surface area contributed by atoms with Gasteiger partial charge in [0.1, 0.15) is 0 Å². The number of ether oxygens (including phenoxy) is 2. The Balaban J connectivity index is 3.02. The Morgan fingerprint density at radius 2 is 1.84 bits per heavy atom. The molecule has 0 amide bonds. The SMILES string of the molecule is CCC(C)(C)C(=O)OC1(C)CC(=O)OC1(CC)CC. The Morgan fingerprint density at radius 1 is 1.32 bits per heavy atom. The van der Waals surface area contributed by atoms with Gasteiger partial charge in [-0.25, -0.2) is 0 Å². The van der Waals surface area contributed by atoms with Gasteiger partial charge in [0.05, 0.1) is 11.8 Å². The van der Waals surface area contributed by atoms with Crippen LogP contribution in [0.3, 0.4) is 0 Å². The molecule has 0 spiro atoms. The van der Waals surface area contributed by atoms with Crippen LogP contribution in [0, 0.1) is 5.41 Å². The molecule has 0 aromatic heterocycles. The van der Waals surface area contributed by atoms with Gasteiger partial charge in [0.15, 0.2) is 11.2 Å². The zero-order chi connectivity index (χ0) is 14.9. The third kappa shape index (κ3) is 2.63. The number of carbonyl (C=O) groups is 2. The van der Waals surface area contributed by atoms with Crippen LogP contribution in [0.25, 0.3) is 0 Å². The third-order valence-corrected chi connectivity index (χ3v) is 4.65. The molecule has 1 unspecified atom stereocenters. The van der Waals surface area contributed by atoms with E-state index in [1.54, 1.807) is 0 Å². The second kappa shape index (κ2) is 5.14. The lowest BCUT2D eigenvalue weighted by Crippen LogP contribution is -2.52. The Bertz CT molecular complexity index is 368. The van der Waals surface area contributed by atoms with Gasteiger partial charge in [-0.1, -0.05) is 20.8 Å². The molecule has 0 N–H and O–H groups in total. The first-order chi connectivity index (χ1) is 8.66. The van der Waals surface area contributed by atoms with E-state index < -0.39 is 16.6 Å². The Hall–Kier alpha value is -1.06. The van der Waals surface area contributed by atoms with E-state index in [1.807, 2.05) is 41.5 Å². The highest BCUT2D eigenvalue weighted by molar-refractivity contribution is 5.79. The monoisotopic (exact) mass is 270 g/mol. The van der Waals surface area contributed by atoms with Crippen molar-refractivity contribution in [2.75, 3.05) is 0 Å². The van der Waals surface area contributed by atoms with Crippen molar-refractivity contribution in [3.63, 3.8) is 0 Å². The maximum Gasteiger partial charge on any atom is 0.312 e. The van der Waals surface area contributed by atoms with Crippen molar-refractivity contribution in [3.8, 4) is 0 Å². The molecule has 0 radical (unpaired) electrons. The molecule has 0 aliphatic carbocycles. The summed E-state index contributed by atoms with van der Waals surface area (Å²) in [6.07, 6.45) is 2.12. The van der Waals surface area contributed by atoms with Crippen molar-refractivity contribution in [2.45, 2.75) is 78.4 Å². The molecule has 1 aliphatic rings. The van der Waals surface area contributed by atoms with E-state index in [0.717, 1.165) is 0 Å². The molecule has 1 aliphatic heterocycles. The zero-order valence-corrected chi connectivity index (χ0v) is 13.0. The lowest BCUT2D eigenvalue weighted by atomic mass is 9.79. The lowest BCUT2D eigenvalue weighted by Gasteiger charge is -2.40. The minimum absolute atomic E-state index is 0.139. The summed E-state index contributed by atoms with van der Waals surface area (Å²) in [6.45, 7) is 11.4. The van der Waals surface area contributed by atoms with Crippen LogP contribution in [0.15, 0.2) is 0 Å². The molecule has 1 fully saturated rings. The summed E-state index contributed by atoms with van der Waals surface area (Å²) in [7, 11) is 0. The molecule has 1 rings (SSSR count). The van der Waals surface area contributed by atoms with E-state index >= 15 is 0 Å². The van der Waals surface area contributed by atoms with Gasteiger partial charge in [-0.15, -0.1) is 0 Å². The van der Waals surface area contributed by atoms with Crippen LogP contribution in [-0.4, -0.2) is 23.1 Å². The Labute approximate surface area is 115 Å². The Kier molecular flexibility index (Phi) is 4.33. The number of cyclic esters (lactones) is 1. The second-order valence-corrected chi connectivity index (χ2v) is 6.21. The maximum atomic E-state index is 12.3. The van der Waals surface area contributed by atoms with Gasteiger partial charge in [0.2, 0.25) is 0 Å². The van der Waals surface area contributed by atoms with E-state index in [2.05, 4.69) is 0 Å². The van der Waals surface area contributed by atoms with Gasteiger partial charge in [-0.3, -0.25) is 9.59 Å². The van der Waals surface area contributed by atoms with Crippen LogP contribution in [0.5, 0.6) is 0 Å². The first-order valence-corrected chi connectivity index (χ1v) is 7.11. The van der Waals surface area contributed by atoms with Crippen molar-refractivity contribution in [1.29, 1.82) is 0 Å². The zero-order valence-electron chi connectivity index (χ0n) is 13.0. The molecular formula is C15H26O4. The smallest absolute Gasteiger partial charge is 0.312 e. The molecule has 4 nitrogen and oxygen atoms in total. The minimum Gasteiger partial charge on any atom is -0.455 e. The standard InChI is InChI=1S/C15H26O4/c1-7-13(4,5)12(17)19-14(6)10-11(16)18-15(14,8-2)9-3/h7-10H2,1-6H3. The average molecular weight is 270 g/mol. The molecule has 19 heavy (non-hydrogen) atoms. The number of rotatable bonds is 5. The summed E-state index contributed by atoms with van der Waals surface area (Å²) >= 11 is 0. The van der Waals surface area contributed by atoms with Gasteiger partial charge in [0, 0.05) is 0 Å². The summed E-state index contributed by atoms with van der Waals surface area (Å²) in [6, 6.07) is 0. The highest BCUT2D eigenvalue weighted by atomic mass is 16.6. The molecule has 110 valence electrons. The van der Waals surface area contributed by atoms with Crippen LogP contribution < -0.4 is 0 Å². The summed E-state index contributed by atoms with van der Waals surface area (Å²) < 4.78 is 11.2. The normalized spacial score (nSPS) is 26.1. The van der Waals surface area contributed by atoms with Crippen LogP contribution in [0.4, 0.5) is 0 Å². The summed E-state index contributed by atoms with van der Waals surface area (Å²) in [4.78, 5) is 24.0. The van der Waals surface area contributed by atoms with Crippen LogP contribution >= 0.6 is 0 Å². The first-order valence-electron chi connectivity index (χ1n) is 7.11. The lowest BCUT2D eigenvalue weighted by molar-refractivity contribution is -0.191.